The fourth-order valence-corrected chi connectivity index (χ4v) is 3.74. The molecule has 1 amide bonds. The molecule has 0 fully saturated rings. The highest BCUT2D eigenvalue weighted by molar-refractivity contribution is 6.05. The van der Waals surface area contributed by atoms with Crippen molar-refractivity contribution in [2.75, 3.05) is 0 Å². The Balaban J connectivity index is 1.50. The van der Waals surface area contributed by atoms with Gasteiger partial charge in [0.15, 0.2) is 0 Å². The number of hydrogen-bond donors (Lipinski definition) is 1. The van der Waals surface area contributed by atoms with Crippen molar-refractivity contribution >= 4 is 16.7 Å². The fraction of sp³-hybridized carbons (Fsp3) is 0.136. The van der Waals surface area contributed by atoms with Gasteiger partial charge in [0.25, 0.3) is 11.5 Å². The lowest BCUT2D eigenvalue weighted by atomic mass is 10.1. The monoisotopic (exact) mass is 383 g/mol. The van der Waals surface area contributed by atoms with E-state index in [-0.39, 0.29) is 17.5 Å². The maximum atomic E-state index is 13.0. The molecule has 7 nitrogen and oxygen atoms in total. The van der Waals surface area contributed by atoms with Crippen molar-refractivity contribution in [1.29, 1.82) is 0 Å². The van der Waals surface area contributed by atoms with Crippen LogP contribution in [0.2, 0.25) is 0 Å². The van der Waals surface area contributed by atoms with Gasteiger partial charge in [-0.15, -0.1) is 0 Å². The summed E-state index contributed by atoms with van der Waals surface area (Å²) in [7, 11) is 0. The molecule has 3 aromatic heterocycles. The number of aromatic nitrogens is 4. The lowest BCUT2D eigenvalue weighted by molar-refractivity contribution is 0.0932. The molecule has 1 unspecified atom stereocenters. The van der Waals surface area contributed by atoms with Gasteiger partial charge in [-0.05, 0) is 30.0 Å². The molecule has 1 N–H and O–H groups in total. The van der Waals surface area contributed by atoms with Gasteiger partial charge >= 0.3 is 0 Å². The molecule has 1 aliphatic heterocycles. The van der Waals surface area contributed by atoms with Crippen molar-refractivity contribution in [3.63, 3.8) is 0 Å². The standard InChI is InChI=1S/C22H17N5O2/c28-19-13-18(15-5-9-23-10-6-15)25-21-17(8-12-27(19)21)26-22(29)20-16-4-2-1-3-14(16)7-11-24-20/h1-7,9-11,13,17H,8,12H2,(H,26,29). The smallest absolute Gasteiger partial charge is 0.271 e. The molecule has 0 saturated heterocycles. The van der Waals surface area contributed by atoms with Crippen LogP contribution in [0.1, 0.15) is 28.8 Å². The zero-order valence-corrected chi connectivity index (χ0v) is 15.4. The van der Waals surface area contributed by atoms with Crippen LogP contribution in [0.15, 0.2) is 71.9 Å². The maximum Gasteiger partial charge on any atom is 0.271 e. The predicted octanol–water partition coefficient (Wildman–Crippen LogP) is 2.73. The van der Waals surface area contributed by atoms with Crippen molar-refractivity contribution in [2.24, 2.45) is 0 Å². The van der Waals surface area contributed by atoms with Crippen LogP contribution in [0.25, 0.3) is 22.0 Å². The number of rotatable bonds is 3. The highest BCUT2D eigenvalue weighted by Crippen LogP contribution is 2.26. The molecule has 5 rings (SSSR count). The van der Waals surface area contributed by atoms with Crippen LogP contribution in [0.3, 0.4) is 0 Å². The maximum absolute atomic E-state index is 13.0. The SMILES string of the molecule is O=C(NC1CCn2c1nc(-c1ccncc1)cc2=O)c1nccc2ccccc12. The molecule has 0 saturated carbocycles. The number of carbonyl (C=O) groups is 1. The van der Waals surface area contributed by atoms with E-state index in [1.807, 2.05) is 30.3 Å². The molecule has 0 aliphatic carbocycles. The number of nitrogens with one attached hydrogen (secondary N) is 1. The van der Waals surface area contributed by atoms with Crippen molar-refractivity contribution < 1.29 is 4.79 Å². The minimum Gasteiger partial charge on any atom is -0.341 e. The van der Waals surface area contributed by atoms with Gasteiger partial charge in [-0.3, -0.25) is 24.1 Å². The Kier molecular flexibility index (Phi) is 4.13. The largest absolute Gasteiger partial charge is 0.341 e. The summed E-state index contributed by atoms with van der Waals surface area (Å²) in [6, 6.07) is 14.3. The lowest BCUT2D eigenvalue weighted by Crippen LogP contribution is -2.30. The summed E-state index contributed by atoms with van der Waals surface area (Å²) < 4.78 is 1.62. The topological polar surface area (TPSA) is 89.8 Å². The molecule has 1 aliphatic rings. The molecular formula is C22H17N5O2. The molecule has 1 atom stereocenters. The van der Waals surface area contributed by atoms with Gasteiger partial charge in [0.2, 0.25) is 0 Å². The molecule has 0 radical (unpaired) electrons. The molecule has 4 heterocycles. The van der Waals surface area contributed by atoms with Gasteiger partial charge in [-0.2, -0.15) is 0 Å². The normalized spacial score (nSPS) is 15.2. The van der Waals surface area contributed by atoms with E-state index in [4.69, 9.17) is 0 Å². The van der Waals surface area contributed by atoms with Crippen molar-refractivity contribution in [3.8, 4) is 11.3 Å². The summed E-state index contributed by atoms with van der Waals surface area (Å²) in [5, 5.41) is 4.76. The summed E-state index contributed by atoms with van der Waals surface area (Å²) in [5.74, 6) is 0.293. The molecular weight excluding hydrogens is 366 g/mol. The molecule has 7 heteroatoms. The van der Waals surface area contributed by atoms with Crippen LogP contribution in [-0.2, 0) is 6.54 Å². The minimum atomic E-state index is -0.349. The van der Waals surface area contributed by atoms with Crippen molar-refractivity contribution in [3.05, 3.63) is 89.0 Å². The van der Waals surface area contributed by atoms with Gasteiger partial charge in [0, 0.05) is 42.2 Å². The summed E-state index contributed by atoms with van der Waals surface area (Å²) in [6.45, 7) is 0.520. The third-order valence-corrected chi connectivity index (χ3v) is 5.16. The van der Waals surface area contributed by atoms with E-state index in [1.165, 1.54) is 6.07 Å². The van der Waals surface area contributed by atoms with Crippen molar-refractivity contribution in [2.45, 2.75) is 19.0 Å². The van der Waals surface area contributed by atoms with Crippen LogP contribution in [0.4, 0.5) is 0 Å². The van der Waals surface area contributed by atoms with E-state index >= 15 is 0 Å². The van der Waals surface area contributed by atoms with Gasteiger partial charge in [-0.1, -0.05) is 24.3 Å². The Morgan fingerprint density at radius 1 is 1.07 bits per heavy atom. The number of amides is 1. The van der Waals surface area contributed by atoms with E-state index < -0.39 is 0 Å². The first kappa shape index (κ1) is 17.2. The number of benzene rings is 1. The van der Waals surface area contributed by atoms with Gasteiger partial charge < -0.3 is 5.32 Å². The van der Waals surface area contributed by atoms with E-state index in [9.17, 15) is 9.59 Å². The summed E-state index contributed by atoms with van der Waals surface area (Å²) >= 11 is 0. The average Bonchev–Trinajstić information content (AvgIpc) is 3.17. The van der Waals surface area contributed by atoms with Crippen LogP contribution in [-0.4, -0.2) is 25.4 Å². The van der Waals surface area contributed by atoms with Crippen LogP contribution >= 0.6 is 0 Å². The van der Waals surface area contributed by atoms with Gasteiger partial charge in [-0.25, -0.2) is 4.98 Å². The van der Waals surface area contributed by atoms with Gasteiger partial charge in [0.1, 0.15) is 11.5 Å². The second kappa shape index (κ2) is 6.94. The zero-order valence-electron chi connectivity index (χ0n) is 15.4. The highest BCUT2D eigenvalue weighted by atomic mass is 16.2. The zero-order chi connectivity index (χ0) is 19.8. The third-order valence-electron chi connectivity index (χ3n) is 5.16. The molecule has 142 valence electrons. The molecule has 1 aromatic carbocycles. The van der Waals surface area contributed by atoms with E-state index in [2.05, 4.69) is 20.3 Å². The number of nitrogens with zero attached hydrogens (tertiary/aromatic N) is 4. The number of hydrogen-bond acceptors (Lipinski definition) is 5. The van der Waals surface area contributed by atoms with E-state index in [0.29, 0.717) is 30.2 Å². The number of pyridine rings is 2. The molecule has 4 aromatic rings. The van der Waals surface area contributed by atoms with Gasteiger partial charge in [0.05, 0.1) is 11.7 Å². The second-order valence-electron chi connectivity index (χ2n) is 6.92. The quantitative estimate of drug-likeness (QED) is 0.588. The van der Waals surface area contributed by atoms with Crippen LogP contribution < -0.4 is 10.9 Å². The Labute approximate surface area is 166 Å². The summed E-state index contributed by atoms with van der Waals surface area (Å²) in [5.41, 5.74) is 1.64. The first-order chi connectivity index (χ1) is 14.2. The first-order valence-electron chi connectivity index (χ1n) is 9.37. The second-order valence-corrected chi connectivity index (χ2v) is 6.92. The average molecular weight is 383 g/mol. The molecule has 29 heavy (non-hydrogen) atoms. The van der Waals surface area contributed by atoms with Crippen LogP contribution in [0.5, 0.6) is 0 Å². The molecule has 0 bridgehead atoms. The predicted molar refractivity (Wildman–Crippen MR) is 108 cm³/mol. The summed E-state index contributed by atoms with van der Waals surface area (Å²) in [4.78, 5) is 38.5. The fourth-order valence-electron chi connectivity index (χ4n) is 3.74. The Morgan fingerprint density at radius 2 is 1.90 bits per heavy atom. The minimum absolute atomic E-state index is 0.123. The Hall–Kier alpha value is -3.87. The first-order valence-corrected chi connectivity index (χ1v) is 9.37. The lowest BCUT2D eigenvalue weighted by Gasteiger charge is -2.14. The Morgan fingerprint density at radius 3 is 2.76 bits per heavy atom. The van der Waals surface area contributed by atoms with Crippen molar-refractivity contribution in [1.82, 2.24) is 24.8 Å². The van der Waals surface area contributed by atoms with E-state index in [0.717, 1.165) is 16.3 Å². The Bertz CT molecular complexity index is 1280. The number of fused-ring (bicyclic) bond motifs is 2. The van der Waals surface area contributed by atoms with Crippen LogP contribution in [0, 0.1) is 0 Å². The highest BCUT2D eigenvalue weighted by Gasteiger charge is 2.28. The summed E-state index contributed by atoms with van der Waals surface area (Å²) in [6.07, 6.45) is 5.56. The third kappa shape index (κ3) is 3.06. The molecule has 0 spiro atoms. The van der Waals surface area contributed by atoms with E-state index in [1.54, 1.807) is 35.3 Å². The number of carbonyl (C=O) groups excluding carboxylic acids is 1.